The lowest BCUT2D eigenvalue weighted by Gasteiger charge is -2.42. The summed E-state index contributed by atoms with van der Waals surface area (Å²) in [5.74, 6) is 3.63. The van der Waals surface area contributed by atoms with Crippen molar-refractivity contribution in [3.05, 3.63) is 113 Å². The summed E-state index contributed by atoms with van der Waals surface area (Å²) >= 11 is 0. The van der Waals surface area contributed by atoms with Crippen LogP contribution in [-0.4, -0.2) is 36.4 Å². The quantitative estimate of drug-likeness (QED) is 0.176. The van der Waals surface area contributed by atoms with Crippen LogP contribution in [0.5, 0.6) is 11.5 Å². The maximum absolute atomic E-state index is 14.0. The van der Waals surface area contributed by atoms with E-state index in [-0.39, 0.29) is 5.91 Å². The van der Waals surface area contributed by atoms with Crippen LogP contribution in [0, 0.1) is 12.3 Å². The second-order valence-corrected chi connectivity index (χ2v) is 9.82. The molecular weight excluding hydrogens is 510 g/mol. The summed E-state index contributed by atoms with van der Waals surface area (Å²) in [5.41, 5.74) is 11.2. The van der Waals surface area contributed by atoms with Gasteiger partial charge < -0.3 is 15.4 Å². The number of fused-ring (bicyclic) bond motifs is 6. The Balaban J connectivity index is 1.54. The fourth-order valence-electron chi connectivity index (χ4n) is 5.78. The highest BCUT2D eigenvalue weighted by Gasteiger charge is 2.57. The van der Waals surface area contributed by atoms with Gasteiger partial charge in [-0.1, -0.05) is 42.3 Å². The number of carbonyl (C=O) groups is 1. The molecule has 1 unspecified atom stereocenters. The van der Waals surface area contributed by atoms with Gasteiger partial charge in [0.25, 0.3) is 5.91 Å². The number of anilines is 2. The molecule has 0 aromatic heterocycles. The molecule has 2 N–H and O–H groups in total. The third kappa shape index (κ3) is 4.12. The van der Waals surface area contributed by atoms with Gasteiger partial charge in [0.1, 0.15) is 17.0 Å². The van der Waals surface area contributed by atoms with Crippen molar-refractivity contribution >= 4 is 35.4 Å². The molecule has 202 valence electrons. The number of nitrogen functional groups attached to an aromatic ring is 1. The summed E-state index contributed by atoms with van der Waals surface area (Å²) in [7, 11) is 0. The van der Waals surface area contributed by atoms with Gasteiger partial charge in [0.05, 0.1) is 11.9 Å². The highest BCUT2D eigenvalue weighted by Crippen LogP contribution is 2.58. The second kappa shape index (κ2) is 10.3. The van der Waals surface area contributed by atoms with Gasteiger partial charge in [-0.25, -0.2) is 5.01 Å². The Bertz CT molecular complexity index is 1770. The highest BCUT2D eigenvalue weighted by molar-refractivity contribution is 6.17. The maximum Gasteiger partial charge on any atom is 0.275 e. The summed E-state index contributed by atoms with van der Waals surface area (Å²) in [6.07, 6.45) is 8.62. The first kappa shape index (κ1) is 25.9. The Kier molecular flexibility index (Phi) is 6.52. The van der Waals surface area contributed by atoms with E-state index in [9.17, 15) is 4.79 Å². The molecule has 6 rings (SSSR count). The predicted octanol–water partition coefficient (Wildman–Crippen LogP) is 6.34. The number of amides is 1. The zero-order valence-electron chi connectivity index (χ0n) is 22.9. The van der Waals surface area contributed by atoms with E-state index in [4.69, 9.17) is 22.0 Å². The molecule has 2 heterocycles. The van der Waals surface area contributed by atoms with Gasteiger partial charge in [-0.2, -0.15) is 5.10 Å². The van der Waals surface area contributed by atoms with Crippen LogP contribution in [0.1, 0.15) is 46.5 Å². The Morgan fingerprint density at radius 3 is 2.46 bits per heavy atom. The van der Waals surface area contributed by atoms with E-state index in [1.807, 2.05) is 72.8 Å². The number of hydrazone groups is 1. The number of benzene rings is 4. The number of nitrogens with zero attached hydrogens (tertiary/aromatic N) is 4. The first-order chi connectivity index (χ1) is 20.0. The van der Waals surface area contributed by atoms with Crippen LogP contribution in [0.15, 0.2) is 95.0 Å². The van der Waals surface area contributed by atoms with Crippen LogP contribution < -0.4 is 15.4 Å². The van der Waals surface area contributed by atoms with Crippen LogP contribution in [-0.2, 0) is 5.54 Å². The summed E-state index contributed by atoms with van der Waals surface area (Å²) < 4.78 is 6.49. The molecule has 0 saturated carbocycles. The van der Waals surface area contributed by atoms with Gasteiger partial charge in [0, 0.05) is 70.6 Å². The molecule has 2 aliphatic rings. The SMILES string of the molecule is C#Cc1cccc(N=C/C=N/N2C(=O)c3ccccc3C23c2ccc(N)cc2Oc2cc(N(CC)CC)ccc23)c1. The smallest absolute Gasteiger partial charge is 0.275 e. The largest absolute Gasteiger partial charge is 0.456 e. The molecule has 0 aliphatic carbocycles. The normalized spacial score (nSPS) is 16.9. The van der Waals surface area contributed by atoms with Crippen LogP contribution in [0.25, 0.3) is 0 Å². The molecule has 2 aliphatic heterocycles. The zero-order chi connectivity index (χ0) is 28.6. The molecule has 4 aromatic rings. The Labute approximate surface area is 239 Å². The predicted molar refractivity (Wildman–Crippen MR) is 164 cm³/mol. The van der Waals surface area contributed by atoms with Crippen molar-refractivity contribution in [2.24, 2.45) is 10.1 Å². The number of hydrogen-bond donors (Lipinski definition) is 1. The molecule has 0 bridgehead atoms. The topological polar surface area (TPSA) is 83.5 Å². The molecule has 0 saturated heterocycles. The van der Waals surface area contributed by atoms with Crippen molar-refractivity contribution < 1.29 is 9.53 Å². The minimum Gasteiger partial charge on any atom is -0.456 e. The summed E-state index contributed by atoms with van der Waals surface area (Å²) in [6.45, 7) is 5.94. The van der Waals surface area contributed by atoms with Crippen LogP contribution in [0.2, 0.25) is 0 Å². The molecule has 41 heavy (non-hydrogen) atoms. The monoisotopic (exact) mass is 539 g/mol. The molecule has 0 radical (unpaired) electrons. The van der Waals surface area contributed by atoms with Gasteiger partial charge in [-0.15, -0.1) is 6.42 Å². The molecule has 4 aromatic carbocycles. The lowest BCUT2D eigenvalue weighted by Crippen LogP contribution is -2.44. The van der Waals surface area contributed by atoms with E-state index in [0.29, 0.717) is 28.4 Å². The minimum absolute atomic E-state index is 0.219. The maximum atomic E-state index is 14.0. The number of carbonyl (C=O) groups excluding carboxylic acids is 1. The van der Waals surface area contributed by atoms with Gasteiger partial charge in [0.2, 0.25) is 0 Å². The molecule has 1 amide bonds. The fraction of sp³-hybridized carbons (Fsp3) is 0.147. The van der Waals surface area contributed by atoms with Gasteiger partial charge in [-0.3, -0.25) is 9.79 Å². The molecule has 0 fully saturated rings. The van der Waals surface area contributed by atoms with E-state index in [1.165, 1.54) is 11.2 Å². The Morgan fingerprint density at radius 2 is 1.68 bits per heavy atom. The number of hydrogen-bond acceptors (Lipinski definition) is 6. The average molecular weight is 540 g/mol. The lowest BCUT2D eigenvalue weighted by atomic mass is 9.75. The van der Waals surface area contributed by atoms with Crippen molar-refractivity contribution in [2.75, 3.05) is 23.7 Å². The zero-order valence-corrected chi connectivity index (χ0v) is 22.9. The van der Waals surface area contributed by atoms with Crippen LogP contribution in [0.3, 0.4) is 0 Å². The van der Waals surface area contributed by atoms with Crippen LogP contribution in [0.4, 0.5) is 17.1 Å². The number of terminal acetylenes is 1. The van der Waals surface area contributed by atoms with E-state index >= 15 is 0 Å². The fourth-order valence-corrected chi connectivity index (χ4v) is 5.78. The van der Waals surface area contributed by atoms with Crippen molar-refractivity contribution in [1.82, 2.24) is 5.01 Å². The number of ether oxygens (including phenoxy) is 1. The molecule has 1 spiro atoms. The van der Waals surface area contributed by atoms with E-state index < -0.39 is 5.54 Å². The third-order valence-corrected chi connectivity index (χ3v) is 7.64. The van der Waals surface area contributed by atoms with Gasteiger partial charge >= 0.3 is 0 Å². The van der Waals surface area contributed by atoms with E-state index in [0.717, 1.165) is 41.0 Å². The summed E-state index contributed by atoms with van der Waals surface area (Å²) in [4.78, 5) is 20.8. The van der Waals surface area contributed by atoms with Crippen molar-refractivity contribution in [3.8, 4) is 23.8 Å². The van der Waals surface area contributed by atoms with Gasteiger partial charge in [-0.05, 0) is 50.2 Å². The molecule has 1 atom stereocenters. The Hall–Kier alpha value is -5.35. The molecule has 7 nitrogen and oxygen atoms in total. The minimum atomic E-state index is -1.07. The number of nitrogens with two attached hydrogens (primary N) is 1. The van der Waals surface area contributed by atoms with Crippen molar-refractivity contribution in [1.29, 1.82) is 0 Å². The molecule has 7 heteroatoms. The van der Waals surface area contributed by atoms with E-state index in [1.54, 1.807) is 12.3 Å². The first-order valence-electron chi connectivity index (χ1n) is 13.6. The van der Waals surface area contributed by atoms with Gasteiger partial charge in [0.15, 0.2) is 0 Å². The van der Waals surface area contributed by atoms with Crippen molar-refractivity contribution in [3.63, 3.8) is 0 Å². The third-order valence-electron chi connectivity index (χ3n) is 7.64. The van der Waals surface area contributed by atoms with E-state index in [2.05, 4.69) is 35.7 Å². The second-order valence-electron chi connectivity index (χ2n) is 9.82. The average Bonchev–Trinajstić information content (AvgIpc) is 3.24. The van der Waals surface area contributed by atoms with Crippen molar-refractivity contribution in [2.45, 2.75) is 19.4 Å². The Morgan fingerprint density at radius 1 is 0.927 bits per heavy atom. The van der Waals surface area contributed by atoms with Crippen LogP contribution >= 0.6 is 0 Å². The summed E-state index contributed by atoms with van der Waals surface area (Å²) in [6, 6.07) is 26.7. The highest BCUT2D eigenvalue weighted by atomic mass is 16.5. The number of rotatable bonds is 6. The first-order valence-corrected chi connectivity index (χ1v) is 13.6. The molecular formula is C34H29N5O2. The standard InChI is InChI=1S/C34H29N5O2/c1-4-23-10-9-11-25(20-23)36-18-19-37-39-33(40)27-12-7-8-13-28(27)34(39)29-16-14-24(35)21-31(29)41-32-22-26(15-17-30(32)34)38(5-2)6-3/h1,7-22H,5-6,35H2,2-3H3/b36-18?,37-19+. The summed E-state index contributed by atoms with van der Waals surface area (Å²) in [5, 5.41) is 6.27. The lowest BCUT2D eigenvalue weighted by molar-refractivity contribution is 0.0675. The number of aliphatic imine (C=N–C) groups is 1.